The van der Waals surface area contributed by atoms with Crippen LogP contribution in [-0.4, -0.2) is 55.5 Å². The van der Waals surface area contributed by atoms with Crippen molar-refractivity contribution in [2.24, 2.45) is 0 Å². The number of morpholine rings is 1. The highest BCUT2D eigenvalue weighted by Crippen LogP contribution is 2.33. The molecule has 0 aliphatic carbocycles. The lowest BCUT2D eigenvalue weighted by Crippen LogP contribution is -2.36. The van der Waals surface area contributed by atoms with E-state index in [-0.39, 0.29) is 23.2 Å². The smallest absolute Gasteiger partial charge is 0.276 e. The molecular formula is C24H23Cl2FN6O2. The number of aromatic nitrogens is 2. The van der Waals surface area contributed by atoms with Gasteiger partial charge < -0.3 is 25.2 Å². The molecule has 1 fully saturated rings. The molecular weight excluding hydrogens is 494 g/mol. The molecule has 1 aromatic heterocycles. The van der Waals surface area contributed by atoms with Crippen LogP contribution < -0.4 is 20.4 Å². The van der Waals surface area contributed by atoms with E-state index in [1.165, 1.54) is 12.1 Å². The molecule has 1 saturated heterocycles. The summed E-state index contributed by atoms with van der Waals surface area (Å²) in [6.07, 6.45) is 0. The van der Waals surface area contributed by atoms with Crippen LogP contribution in [-0.2, 0) is 11.3 Å². The lowest BCUT2D eigenvalue weighted by atomic mass is 10.1. The van der Waals surface area contributed by atoms with Gasteiger partial charge in [0.25, 0.3) is 5.91 Å². The zero-order valence-corrected chi connectivity index (χ0v) is 20.2. The van der Waals surface area contributed by atoms with E-state index in [1.54, 1.807) is 6.07 Å². The van der Waals surface area contributed by atoms with Gasteiger partial charge in [0.2, 0.25) is 0 Å². The number of benzene rings is 2. The van der Waals surface area contributed by atoms with E-state index < -0.39 is 5.82 Å². The minimum absolute atomic E-state index is 0.0157. The zero-order chi connectivity index (χ0) is 24.4. The van der Waals surface area contributed by atoms with E-state index >= 15 is 0 Å². The Hall–Kier alpha value is -3.14. The van der Waals surface area contributed by atoms with Crippen molar-refractivity contribution < 1.29 is 13.9 Å². The maximum absolute atomic E-state index is 14.0. The predicted octanol–water partition coefficient (Wildman–Crippen LogP) is 4.44. The number of carbonyl (C=O) groups is 1. The van der Waals surface area contributed by atoms with Crippen LogP contribution in [0.3, 0.4) is 0 Å². The number of hydrogen-bond donors (Lipinski definition) is 2. The highest BCUT2D eigenvalue weighted by Gasteiger charge is 2.23. The van der Waals surface area contributed by atoms with Crippen molar-refractivity contribution in [2.45, 2.75) is 6.54 Å². The summed E-state index contributed by atoms with van der Waals surface area (Å²) in [7, 11) is 0. The van der Waals surface area contributed by atoms with Gasteiger partial charge in [0.05, 0.1) is 23.9 Å². The minimum Gasteiger partial charge on any atom is -0.378 e. The van der Waals surface area contributed by atoms with Crippen molar-refractivity contribution in [3.63, 3.8) is 0 Å². The van der Waals surface area contributed by atoms with Crippen LogP contribution in [0.1, 0.15) is 16.1 Å². The van der Waals surface area contributed by atoms with Gasteiger partial charge in [-0.15, -0.1) is 10.2 Å². The van der Waals surface area contributed by atoms with Gasteiger partial charge in [-0.05, 0) is 42.5 Å². The van der Waals surface area contributed by atoms with Crippen molar-refractivity contribution in [1.82, 2.24) is 10.2 Å². The van der Waals surface area contributed by atoms with E-state index in [1.807, 2.05) is 29.2 Å². The average Bonchev–Trinajstić information content (AvgIpc) is 2.89. The molecule has 3 aromatic rings. The molecule has 2 aliphatic heterocycles. The number of nitrogens with one attached hydrogen (secondary N) is 2. The van der Waals surface area contributed by atoms with E-state index in [0.717, 1.165) is 18.8 Å². The van der Waals surface area contributed by atoms with Gasteiger partial charge >= 0.3 is 0 Å². The molecule has 0 saturated carbocycles. The Morgan fingerprint density at radius 3 is 2.63 bits per heavy atom. The summed E-state index contributed by atoms with van der Waals surface area (Å²) in [5, 5.41) is 14.7. The molecule has 1 amide bonds. The second-order valence-electron chi connectivity index (χ2n) is 8.23. The largest absolute Gasteiger partial charge is 0.378 e. The van der Waals surface area contributed by atoms with Gasteiger partial charge in [-0.2, -0.15) is 0 Å². The first-order chi connectivity index (χ1) is 17.0. The second kappa shape index (κ2) is 10.2. The summed E-state index contributed by atoms with van der Waals surface area (Å²) in [5.74, 6) is -0.382. The molecule has 0 unspecified atom stereocenters. The molecule has 0 atom stereocenters. The van der Waals surface area contributed by atoms with Crippen LogP contribution in [0.4, 0.5) is 27.3 Å². The lowest BCUT2D eigenvalue weighted by molar-refractivity contribution is 0.102. The molecule has 2 aliphatic rings. The Labute approximate surface area is 212 Å². The first-order valence-corrected chi connectivity index (χ1v) is 12.0. The Balaban J connectivity index is 1.33. The third-order valence-corrected chi connectivity index (χ3v) is 6.77. The predicted molar refractivity (Wildman–Crippen MR) is 135 cm³/mol. The van der Waals surface area contributed by atoms with E-state index in [9.17, 15) is 9.18 Å². The molecule has 2 N–H and O–H groups in total. The van der Waals surface area contributed by atoms with Crippen molar-refractivity contribution in [1.29, 1.82) is 0 Å². The number of rotatable bonds is 5. The molecule has 35 heavy (non-hydrogen) atoms. The summed E-state index contributed by atoms with van der Waals surface area (Å²) in [6, 6.07) is 12.0. The fraction of sp³-hybridized carbons (Fsp3) is 0.292. The molecule has 0 spiro atoms. The van der Waals surface area contributed by atoms with Gasteiger partial charge in [0.1, 0.15) is 5.82 Å². The SMILES string of the molecule is O=C(Nc1ccc(N2CCOCC2)cc1)c1cc2c(nn1)NCCN2Cc1c(Cl)ccc(F)c1Cl. The molecule has 2 aromatic carbocycles. The van der Waals surface area contributed by atoms with Crippen LogP contribution in [0.2, 0.25) is 10.0 Å². The average molecular weight is 517 g/mol. The van der Waals surface area contributed by atoms with Crippen LogP contribution in [0.15, 0.2) is 42.5 Å². The highest BCUT2D eigenvalue weighted by atomic mass is 35.5. The highest BCUT2D eigenvalue weighted by molar-refractivity contribution is 6.36. The summed E-state index contributed by atoms with van der Waals surface area (Å²) < 4.78 is 19.4. The standard InChI is InChI=1S/C24H23Cl2FN6O2/c25-18-5-6-19(27)22(26)17(18)14-33-8-7-28-23-21(33)13-20(30-31-23)24(34)29-15-1-3-16(4-2-15)32-9-11-35-12-10-32/h1-6,13H,7-12,14H2,(H,28,31)(H,29,34). The molecule has 0 bridgehead atoms. The summed E-state index contributed by atoms with van der Waals surface area (Å²) >= 11 is 12.5. The summed E-state index contributed by atoms with van der Waals surface area (Å²) in [6.45, 7) is 4.55. The summed E-state index contributed by atoms with van der Waals surface area (Å²) in [5.41, 5.74) is 3.03. The number of hydrogen-bond acceptors (Lipinski definition) is 7. The normalized spacial score (nSPS) is 15.4. The second-order valence-corrected chi connectivity index (χ2v) is 9.02. The van der Waals surface area contributed by atoms with E-state index in [4.69, 9.17) is 27.9 Å². The van der Waals surface area contributed by atoms with Crippen LogP contribution >= 0.6 is 23.2 Å². The lowest BCUT2D eigenvalue weighted by Gasteiger charge is -2.31. The topological polar surface area (TPSA) is 82.6 Å². The molecule has 5 rings (SSSR count). The molecule has 0 radical (unpaired) electrons. The quantitative estimate of drug-likeness (QED) is 0.485. The van der Waals surface area contributed by atoms with Gasteiger partial charge in [-0.25, -0.2) is 4.39 Å². The van der Waals surface area contributed by atoms with Gasteiger partial charge in [0.15, 0.2) is 11.5 Å². The fourth-order valence-electron chi connectivity index (χ4n) is 4.13. The number of halogens is 3. The van der Waals surface area contributed by atoms with E-state index in [0.29, 0.717) is 54.1 Å². The maximum Gasteiger partial charge on any atom is 0.276 e. The van der Waals surface area contributed by atoms with Crippen molar-refractivity contribution in [2.75, 3.05) is 59.8 Å². The van der Waals surface area contributed by atoms with Crippen LogP contribution in [0.5, 0.6) is 0 Å². The van der Waals surface area contributed by atoms with Crippen molar-refractivity contribution in [3.8, 4) is 0 Å². The first kappa shape index (κ1) is 23.6. The molecule has 8 nitrogen and oxygen atoms in total. The third kappa shape index (κ3) is 5.12. The fourth-order valence-corrected chi connectivity index (χ4v) is 4.62. The Bertz CT molecular complexity index is 1240. The number of ether oxygens (including phenoxy) is 1. The van der Waals surface area contributed by atoms with Crippen LogP contribution in [0, 0.1) is 5.82 Å². The Kier molecular flexibility index (Phi) is 6.90. The minimum atomic E-state index is -0.533. The Morgan fingerprint density at radius 2 is 1.86 bits per heavy atom. The van der Waals surface area contributed by atoms with Gasteiger partial charge in [-0.1, -0.05) is 23.2 Å². The van der Waals surface area contributed by atoms with Crippen molar-refractivity contribution >= 4 is 52.0 Å². The number of fused-ring (bicyclic) bond motifs is 1. The number of anilines is 4. The Morgan fingerprint density at radius 1 is 1.09 bits per heavy atom. The molecule has 11 heteroatoms. The van der Waals surface area contributed by atoms with E-state index in [2.05, 4.69) is 25.7 Å². The monoisotopic (exact) mass is 516 g/mol. The maximum atomic E-state index is 14.0. The number of nitrogens with zero attached hydrogens (tertiary/aromatic N) is 4. The molecule has 3 heterocycles. The zero-order valence-electron chi connectivity index (χ0n) is 18.7. The summed E-state index contributed by atoms with van der Waals surface area (Å²) in [4.78, 5) is 17.1. The first-order valence-electron chi connectivity index (χ1n) is 11.2. The number of carbonyl (C=O) groups excluding carboxylic acids is 1. The van der Waals surface area contributed by atoms with Gasteiger partial charge in [-0.3, -0.25) is 4.79 Å². The van der Waals surface area contributed by atoms with Crippen molar-refractivity contribution in [3.05, 3.63) is 69.6 Å². The third-order valence-electron chi connectivity index (χ3n) is 6.01. The molecule has 182 valence electrons. The van der Waals surface area contributed by atoms with Crippen LogP contribution in [0.25, 0.3) is 0 Å². The van der Waals surface area contributed by atoms with Gasteiger partial charge in [0, 0.05) is 54.7 Å². The number of amides is 1.